The fraction of sp³-hybridized carbons (Fsp3) is 0.286. The highest BCUT2D eigenvalue weighted by Gasteiger charge is 2.36. The summed E-state index contributed by atoms with van der Waals surface area (Å²) in [6, 6.07) is 9.32. The van der Waals surface area contributed by atoms with E-state index in [-0.39, 0.29) is 23.0 Å². The molecule has 0 atom stereocenters. The Morgan fingerprint density at radius 2 is 1.88 bits per heavy atom. The van der Waals surface area contributed by atoms with Gasteiger partial charge in [-0.25, -0.2) is 19.2 Å². The van der Waals surface area contributed by atoms with Gasteiger partial charge in [0, 0.05) is 16.5 Å². The minimum atomic E-state index is -4.68. The number of carbonyl (C=O) groups is 1. The minimum absolute atomic E-state index is 0.0153. The van der Waals surface area contributed by atoms with Gasteiger partial charge in [-0.1, -0.05) is 44.5 Å². The molecule has 1 N–H and O–H groups in total. The zero-order chi connectivity index (χ0) is 24.0. The largest absolute Gasteiger partial charge is 0.433 e. The molecular weight excluding hydrogens is 459 g/mol. The Labute approximate surface area is 191 Å². The molecule has 4 rings (SSSR count). The van der Waals surface area contributed by atoms with Crippen LogP contribution in [0.15, 0.2) is 42.7 Å². The molecule has 0 saturated heterocycles. The molecule has 8 nitrogen and oxygen atoms in total. The molecule has 0 spiro atoms. The van der Waals surface area contributed by atoms with Crippen molar-refractivity contribution in [1.82, 2.24) is 29.4 Å². The van der Waals surface area contributed by atoms with Gasteiger partial charge in [-0.15, -0.1) is 5.10 Å². The van der Waals surface area contributed by atoms with E-state index in [9.17, 15) is 18.0 Å². The van der Waals surface area contributed by atoms with Crippen LogP contribution in [0.4, 0.5) is 19.1 Å². The van der Waals surface area contributed by atoms with Crippen LogP contribution >= 0.6 is 11.6 Å². The number of fused-ring (bicyclic) bond motifs is 1. The highest BCUT2D eigenvalue weighted by Crippen LogP contribution is 2.32. The Hall–Kier alpha value is -3.47. The summed E-state index contributed by atoms with van der Waals surface area (Å²) in [5.41, 5.74) is -0.861. The number of amides is 1. The van der Waals surface area contributed by atoms with Gasteiger partial charge in [0.1, 0.15) is 12.0 Å². The first-order valence-corrected chi connectivity index (χ1v) is 10.2. The van der Waals surface area contributed by atoms with Crippen LogP contribution in [0.3, 0.4) is 0 Å². The summed E-state index contributed by atoms with van der Waals surface area (Å²) in [7, 11) is 0. The van der Waals surface area contributed by atoms with Gasteiger partial charge in [-0.05, 0) is 23.8 Å². The van der Waals surface area contributed by atoms with E-state index in [1.54, 1.807) is 39.0 Å². The molecule has 33 heavy (non-hydrogen) atoms. The number of aromatic nitrogens is 6. The van der Waals surface area contributed by atoms with E-state index >= 15 is 0 Å². The minimum Gasteiger partial charge on any atom is -0.288 e. The summed E-state index contributed by atoms with van der Waals surface area (Å²) in [4.78, 5) is 20.9. The molecule has 4 aromatic rings. The third-order valence-electron chi connectivity index (χ3n) is 4.71. The first-order valence-electron chi connectivity index (χ1n) is 9.84. The maximum Gasteiger partial charge on any atom is 0.433 e. The predicted octanol–water partition coefficient (Wildman–Crippen LogP) is 4.59. The second kappa shape index (κ2) is 8.14. The number of nitrogens with zero attached hydrogens (tertiary/aromatic N) is 6. The highest BCUT2D eigenvalue weighted by molar-refractivity contribution is 6.30. The summed E-state index contributed by atoms with van der Waals surface area (Å²) in [5.74, 6) is -0.773. The molecule has 172 valence electrons. The number of rotatable bonds is 4. The second-order valence-electron chi connectivity index (χ2n) is 8.42. The summed E-state index contributed by atoms with van der Waals surface area (Å²) >= 11 is 5.97. The smallest absolute Gasteiger partial charge is 0.288 e. The lowest BCUT2D eigenvalue weighted by atomic mass is 9.91. The summed E-state index contributed by atoms with van der Waals surface area (Å²) in [6.45, 7) is 5.62. The van der Waals surface area contributed by atoms with E-state index in [2.05, 4.69) is 25.5 Å². The number of carbonyl (C=O) groups excluding carboxylic acids is 1. The summed E-state index contributed by atoms with van der Waals surface area (Å²) in [6.07, 6.45) is -3.26. The topological polar surface area (TPSA) is 90.0 Å². The average molecular weight is 478 g/mol. The fourth-order valence-electron chi connectivity index (χ4n) is 3.09. The first-order chi connectivity index (χ1) is 15.4. The Kier molecular flexibility index (Phi) is 5.61. The lowest BCUT2D eigenvalue weighted by Gasteiger charge is -2.19. The van der Waals surface area contributed by atoms with Gasteiger partial charge >= 0.3 is 6.18 Å². The molecule has 0 unspecified atom stereocenters. The summed E-state index contributed by atoms with van der Waals surface area (Å²) in [5, 5.41) is 11.0. The molecule has 0 radical (unpaired) electrons. The van der Waals surface area contributed by atoms with Gasteiger partial charge in [-0.2, -0.15) is 18.3 Å². The molecule has 3 heterocycles. The van der Waals surface area contributed by atoms with Crippen molar-refractivity contribution in [1.29, 1.82) is 0 Å². The normalized spacial score (nSPS) is 12.3. The van der Waals surface area contributed by atoms with Gasteiger partial charge < -0.3 is 0 Å². The number of hydrogen-bond acceptors (Lipinski definition) is 5. The van der Waals surface area contributed by atoms with E-state index in [0.717, 1.165) is 11.6 Å². The Balaban J connectivity index is 1.59. The fourth-order valence-corrected chi connectivity index (χ4v) is 3.30. The Bertz CT molecular complexity index is 1340. The third kappa shape index (κ3) is 4.98. The van der Waals surface area contributed by atoms with Gasteiger partial charge in [0.05, 0.1) is 12.2 Å². The quantitative estimate of drug-likeness (QED) is 0.464. The number of anilines is 1. The lowest BCUT2D eigenvalue weighted by Crippen LogP contribution is -2.20. The molecule has 12 heteroatoms. The highest BCUT2D eigenvalue weighted by atomic mass is 35.5. The molecular formula is C21H19ClF3N7O. The van der Waals surface area contributed by atoms with E-state index in [1.807, 2.05) is 6.07 Å². The molecule has 1 aromatic carbocycles. The van der Waals surface area contributed by atoms with E-state index in [1.165, 1.54) is 17.1 Å². The second-order valence-corrected chi connectivity index (χ2v) is 8.86. The number of halogens is 4. The van der Waals surface area contributed by atoms with Crippen LogP contribution in [0.5, 0.6) is 0 Å². The SMILES string of the molecule is CC(C)(C)c1cc(C(F)(F)F)n2nc(C(=O)Nc3ncn(Cc4cccc(Cl)c4)n3)cc2n1. The van der Waals surface area contributed by atoms with Gasteiger partial charge in [0.25, 0.3) is 5.91 Å². The number of hydrogen-bond donors (Lipinski definition) is 1. The zero-order valence-corrected chi connectivity index (χ0v) is 18.6. The van der Waals surface area contributed by atoms with Crippen LogP contribution in [-0.4, -0.2) is 35.3 Å². The van der Waals surface area contributed by atoms with Crippen LogP contribution in [0, 0.1) is 0 Å². The molecule has 0 bridgehead atoms. The van der Waals surface area contributed by atoms with Crippen LogP contribution in [0.25, 0.3) is 5.65 Å². The van der Waals surface area contributed by atoms with E-state index in [4.69, 9.17) is 11.6 Å². The van der Waals surface area contributed by atoms with Crippen molar-refractivity contribution in [2.45, 2.75) is 38.9 Å². The standard InChI is InChI=1S/C21H19ClF3N7O/c1-20(2,3)15-9-16(21(23,24)25)32-17(27-15)8-14(29-32)18(33)28-19-26-11-31(30-19)10-12-5-4-6-13(22)7-12/h4-9,11H,10H2,1-3H3,(H,28,30,33). The lowest BCUT2D eigenvalue weighted by molar-refractivity contribution is -0.142. The van der Waals surface area contributed by atoms with Gasteiger partial charge in [0.2, 0.25) is 5.95 Å². The van der Waals surface area contributed by atoms with Crippen molar-refractivity contribution in [3.63, 3.8) is 0 Å². The molecule has 0 aliphatic heterocycles. The van der Waals surface area contributed by atoms with Crippen molar-refractivity contribution in [2.24, 2.45) is 0 Å². The molecule has 0 fully saturated rings. The molecule has 0 saturated carbocycles. The Morgan fingerprint density at radius 3 is 2.55 bits per heavy atom. The van der Waals surface area contributed by atoms with Crippen molar-refractivity contribution in [3.05, 3.63) is 70.4 Å². The van der Waals surface area contributed by atoms with Crippen molar-refractivity contribution in [2.75, 3.05) is 5.32 Å². The van der Waals surface area contributed by atoms with Crippen molar-refractivity contribution in [3.8, 4) is 0 Å². The molecule has 0 aliphatic carbocycles. The van der Waals surface area contributed by atoms with E-state index < -0.39 is 23.2 Å². The first kappa shape index (κ1) is 22.7. The van der Waals surface area contributed by atoms with Crippen LogP contribution < -0.4 is 5.32 Å². The Morgan fingerprint density at radius 1 is 1.12 bits per heavy atom. The van der Waals surface area contributed by atoms with Crippen molar-refractivity contribution < 1.29 is 18.0 Å². The van der Waals surface area contributed by atoms with Gasteiger partial charge in [0.15, 0.2) is 11.3 Å². The van der Waals surface area contributed by atoms with Crippen LogP contribution in [0.1, 0.15) is 48.2 Å². The predicted molar refractivity (Wildman–Crippen MR) is 115 cm³/mol. The maximum absolute atomic E-state index is 13.6. The monoisotopic (exact) mass is 477 g/mol. The number of benzene rings is 1. The van der Waals surface area contributed by atoms with E-state index in [0.29, 0.717) is 16.1 Å². The number of nitrogens with one attached hydrogen (secondary N) is 1. The average Bonchev–Trinajstić information content (AvgIpc) is 3.32. The summed E-state index contributed by atoms with van der Waals surface area (Å²) < 4.78 is 43.0. The molecule has 0 aliphatic rings. The third-order valence-corrected chi connectivity index (χ3v) is 4.95. The van der Waals surface area contributed by atoms with Crippen LogP contribution in [-0.2, 0) is 18.1 Å². The van der Waals surface area contributed by atoms with Crippen molar-refractivity contribution >= 4 is 29.1 Å². The molecule has 1 amide bonds. The zero-order valence-electron chi connectivity index (χ0n) is 17.9. The maximum atomic E-state index is 13.6. The van der Waals surface area contributed by atoms with Gasteiger partial charge in [-0.3, -0.25) is 10.1 Å². The number of alkyl halides is 3. The van der Waals surface area contributed by atoms with Crippen LogP contribution in [0.2, 0.25) is 5.02 Å². The molecule has 3 aromatic heterocycles.